The third kappa shape index (κ3) is 2.20. The molecule has 0 fully saturated rings. The van der Waals surface area contributed by atoms with Crippen LogP contribution in [0.15, 0.2) is 14.4 Å². The molecule has 0 radical (unpaired) electrons. The summed E-state index contributed by atoms with van der Waals surface area (Å²) < 4.78 is 1.94. The number of aromatic amines is 1. The molecule has 0 amide bonds. The van der Waals surface area contributed by atoms with Gasteiger partial charge in [0.1, 0.15) is 0 Å². The first-order valence-corrected chi connectivity index (χ1v) is 9.99. The molecular weight excluding hydrogens is 262 g/mol. The normalized spacial score (nSPS) is 13.6. The maximum Gasteiger partial charge on any atom is 0.339 e. The molecule has 0 bridgehead atoms. The van der Waals surface area contributed by atoms with Gasteiger partial charge in [-0.05, 0) is 0 Å². The molecule has 0 saturated carbocycles. The Kier molecular flexibility index (Phi) is 4.15. The van der Waals surface area contributed by atoms with E-state index in [2.05, 4.69) is 22.8 Å². The molecule has 1 heterocycles. The summed E-state index contributed by atoms with van der Waals surface area (Å²) in [6, 6.07) is 0. The zero-order chi connectivity index (χ0) is 10.9. The Morgan fingerprint density at radius 3 is 2.43 bits per heavy atom. The minimum atomic E-state index is -0.936. The number of nitrogens with one attached hydrogen (secondary N) is 1. The minimum Gasteiger partial charge on any atom is -0.258 e. The molecule has 14 heavy (non-hydrogen) atoms. The van der Waals surface area contributed by atoms with E-state index in [1.165, 1.54) is 7.05 Å². The lowest BCUT2D eigenvalue weighted by Crippen LogP contribution is -2.46. The molecule has 0 aliphatic rings. The second-order valence-corrected chi connectivity index (χ2v) is 11.2. The Balaban J connectivity index is 3.61. The van der Waals surface area contributed by atoms with Crippen molar-refractivity contribution in [3.8, 4) is 0 Å². The maximum absolute atomic E-state index is 11.5. The van der Waals surface area contributed by atoms with Crippen LogP contribution >= 0.6 is 33.3 Å². The van der Waals surface area contributed by atoms with E-state index in [-0.39, 0.29) is 0 Å². The highest BCUT2D eigenvalue weighted by molar-refractivity contribution is 8.60. The van der Waals surface area contributed by atoms with Gasteiger partial charge in [-0.2, -0.15) is 0 Å². The number of hydrogen-bond donors (Lipinski definition) is 1. The Labute approximate surface area is 86.2 Å². The van der Waals surface area contributed by atoms with Gasteiger partial charge in [-0.15, -0.1) is 8.93 Å². The molecular formula is C4H9N3O3P4. The Bertz CT molecular complexity index is 502. The second kappa shape index (κ2) is 4.77. The summed E-state index contributed by atoms with van der Waals surface area (Å²) in [5.41, 5.74) is -1.90. The first-order chi connectivity index (χ1) is 6.49. The average Bonchev–Trinajstić information content (AvgIpc) is 2.14. The summed E-state index contributed by atoms with van der Waals surface area (Å²) in [4.78, 5) is 35.9. The van der Waals surface area contributed by atoms with E-state index >= 15 is 0 Å². The van der Waals surface area contributed by atoms with Crippen LogP contribution in [0.5, 0.6) is 0 Å². The SMILES string of the molecule is Cn1c(=O)[nH]c(=O)n(P(P)PP)c1=O. The van der Waals surface area contributed by atoms with Crippen molar-refractivity contribution in [1.29, 1.82) is 0 Å². The van der Waals surface area contributed by atoms with Crippen LogP contribution in [-0.2, 0) is 7.05 Å². The van der Waals surface area contributed by atoms with Crippen molar-refractivity contribution < 1.29 is 0 Å². The number of nitrogens with zero attached hydrogens (tertiary/aromatic N) is 2. The molecule has 1 rings (SSSR count). The number of hydrogen-bond acceptors (Lipinski definition) is 3. The van der Waals surface area contributed by atoms with Gasteiger partial charge in [-0.1, -0.05) is 16.9 Å². The predicted molar refractivity (Wildman–Crippen MR) is 66.6 cm³/mol. The Morgan fingerprint density at radius 2 is 1.93 bits per heavy atom. The van der Waals surface area contributed by atoms with Crippen LogP contribution in [0.25, 0.3) is 0 Å². The van der Waals surface area contributed by atoms with E-state index in [1.807, 2.05) is 0 Å². The van der Waals surface area contributed by atoms with E-state index in [1.54, 1.807) is 0 Å². The average molecular weight is 271 g/mol. The van der Waals surface area contributed by atoms with Crippen LogP contribution in [0.3, 0.4) is 0 Å². The molecule has 6 nitrogen and oxygen atoms in total. The standard InChI is InChI=1S/C4H9N3O3P4/c1-6-2(8)5-3(9)7(4(6)10)14(12)13-11/h13H,11-12H2,1H3,(H,5,8,9). The van der Waals surface area contributed by atoms with E-state index in [0.717, 1.165) is 8.90 Å². The quantitative estimate of drug-likeness (QED) is 0.747. The molecule has 0 aliphatic carbocycles. The Hall–Kier alpha value is 0.130. The highest BCUT2D eigenvalue weighted by Crippen LogP contribution is 2.64. The molecule has 0 aromatic carbocycles. The van der Waals surface area contributed by atoms with Gasteiger partial charge in [-0.25, -0.2) is 23.3 Å². The Morgan fingerprint density at radius 1 is 1.36 bits per heavy atom. The summed E-state index contributed by atoms with van der Waals surface area (Å²) in [6.07, 6.45) is 0. The highest BCUT2D eigenvalue weighted by Gasteiger charge is 2.11. The molecule has 78 valence electrons. The van der Waals surface area contributed by atoms with E-state index in [4.69, 9.17) is 0 Å². The molecule has 1 aromatic heterocycles. The fraction of sp³-hybridized carbons (Fsp3) is 0.250. The first-order valence-electron chi connectivity index (χ1n) is 3.42. The molecule has 10 heteroatoms. The number of aromatic nitrogens is 3. The van der Waals surface area contributed by atoms with Crippen molar-refractivity contribution in [1.82, 2.24) is 13.9 Å². The third-order valence-corrected chi connectivity index (χ3v) is 11.1. The van der Waals surface area contributed by atoms with Crippen molar-refractivity contribution in [3.63, 3.8) is 0 Å². The summed E-state index contributed by atoms with van der Waals surface area (Å²) in [5.74, 6) is 0. The van der Waals surface area contributed by atoms with Gasteiger partial charge in [0.2, 0.25) is 0 Å². The molecule has 4 atom stereocenters. The van der Waals surface area contributed by atoms with E-state index < -0.39 is 24.5 Å². The summed E-state index contributed by atoms with van der Waals surface area (Å²) in [6.45, 7) is 0. The van der Waals surface area contributed by atoms with Crippen molar-refractivity contribution in [2.45, 2.75) is 0 Å². The van der Waals surface area contributed by atoms with Crippen molar-refractivity contribution >= 4 is 33.3 Å². The second-order valence-electron chi connectivity index (χ2n) is 2.36. The smallest absolute Gasteiger partial charge is 0.258 e. The van der Waals surface area contributed by atoms with Crippen molar-refractivity contribution in [3.05, 3.63) is 31.5 Å². The van der Waals surface area contributed by atoms with Gasteiger partial charge in [0.25, 0.3) is 0 Å². The lowest BCUT2D eigenvalue weighted by atomic mass is 10.9. The van der Waals surface area contributed by atoms with Crippen molar-refractivity contribution in [2.24, 2.45) is 7.05 Å². The highest BCUT2D eigenvalue weighted by atomic mass is 32.6. The van der Waals surface area contributed by atoms with Gasteiger partial charge in [0.15, 0.2) is 0 Å². The monoisotopic (exact) mass is 271 g/mol. The van der Waals surface area contributed by atoms with E-state index in [0.29, 0.717) is 7.96 Å². The lowest BCUT2D eigenvalue weighted by molar-refractivity contribution is 0.692. The fourth-order valence-electron chi connectivity index (χ4n) is 0.792. The molecule has 1 N–H and O–H groups in total. The molecule has 0 aliphatic heterocycles. The van der Waals surface area contributed by atoms with Crippen molar-refractivity contribution in [2.75, 3.05) is 0 Å². The molecule has 0 saturated heterocycles. The minimum absolute atomic E-state index is 0.367. The topological polar surface area (TPSA) is 76.9 Å². The fourth-order valence-corrected chi connectivity index (χ4v) is 4.00. The molecule has 4 unspecified atom stereocenters. The predicted octanol–water partition coefficient (Wildman–Crippen LogP) is -0.346. The largest absolute Gasteiger partial charge is 0.339 e. The number of rotatable bonds is 2. The third-order valence-electron chi connectivity index (χ3n) is 1.53. The zero-order valence-electron chi connectivity index (χ0n) is 7.22. The van der Waals surface area contributed by atoms with Gasteiger partial charge in [-0.3, -0.25) is 4.98 Å². The van der Waals surface area contributed by atoms with E-state index in [9.17, 15) is 14.4 Å². The molecule has 0 spiro atoms. The van der Waals surface area contributed by atoms with Crippen LogP contribution in [0, 0.1) is 0 Å². The van der Waals surface area contributed by atoms with Crippen LogP contribution < -0.4 is 17.1 Å². The summed E-state index contributed by atoms with van der Waals surface area (Å²) in [5, 5.41) is 0. The molecule has 1 aromatic rings. The summed E-state index contributed by atoms with van der Waals surface area (Å²) in [7, 11) is 5.68. The van der Waals surface area contributed by atoms with Crippen LogP contribution in [0.1, 0.15) is 0 Å². The van der Waals surface area contributed by atoms with Crippen LogP contribution in [0.4, 0.5) is 0 Å². The summed E-state index contributed by atoms with van der Waals surface area (Å²) >= 11 is 0. The van der Waals surface area contributed by atoms with Gasteiger partial charge >= 0.3 is 17.1 Å². The lowest BCUT2D eigenvalue weighted by Gasteiger charge is -2.10. The van der Waals surface area contributed by atoms with Gasteiger partial charge in [0.05, 0.1) is 7.45 Å². The van der Waals surface area contributed by atoms with Crippen LogP contribution in [-0.4, -0.2) is 13.9 Å². The maximum atomic E-state index is 11.5. The first kappa shape index (κ1) is 12.2. The zero-order valence-corrected chi connectivity index (χ0v) is 11.4. The van der Waals surface area contributed by atoms with Crippen LogP contribution in [0.2, 0.25) is 0 Å². The number of H-pyrrole nitrogens is 1. The van der Waals surface area contributed by atoms with Gasteiger partial charge < -0.3 is 0 Å². The van der Waals surface area contributed by atoms with Gasteiger partial charge in [0, 0.05) is 7.05 Å².